The minimum absolute atomic E-state index is 0.179. The van der Waals surface area contributed by atoms with Crippen LogP contribution >= 0.6 is 0 Å². The Hall–Kier alpha value is -1.59. The molecular weight excluding hydrogens is 230 g/mol. The lowest BCUT2D eigenvalue weighted by Gasteiger charge is -2.24. The van der Waals surface area contributed by atoms with Gasteiger partial charge in [-0.1, -0.05) is 35.5 Å². The molecule has 0 spiro atoms. The molecule has 100 valence electrons. The van der Waals surface area contributed by atoms with Gasteiger partial charge in [0, 0.05) is 13.1 Å². The first-order valence-electron chi connectivity index (χ1n) is 5.93. The summed E-state index contributed by atoms with van der Waals surface area (Å²) in [6.07, 6.45) is -0.404. The molecule has 2 atom stereocenters. The van der Waals surface area contributed by atoms with Gasteiger partial charge in [0.25, 0.3) is 0 Å². The Morgan fingerprint density at radius 3 is 2.44 bits per heavy atom. The fourth-order valence-electron chi connectivity index (χ4n) is 1.96. The number of nitrogens with zero attached hydrogens (tertiary/aromatic N) is 2. The van der Waals surface area contributed by atoms with E-state index in [0.717, 1.165) is 5.56 Å². The molecule has 0 heterocycles. The van der Waals surface area contributed by atoms with Crippen molar-refractivity contribution < 1.29 is 10.3 Å². The molecule has 0 aromatic heterocycles. The van der Waals surface area contributed by atoms with Gasteiger partial charge in [0.1, 0.15) is 5.84 Å². The van der Waals surface area contributed by atoms with Crippen LogP contribution in [0.5, 0.6) is 0 Å². The van der Waals surface area contributed by atoms with E-state index >= 15 is 0 Å². The van der Waals surface area contributed by atoms with Crippen LogP contribution in [0.1, 0.15) is 18.4 Å². The molecule has 0 aliphatic carbocycles. The number of nitrogens with two attached hydrogens (primary N) is 1. The van der Waals surface area contributed by atoms with Gasteiger partial charge < -0.3 is 20.9 Å². The van der Waals surface area contributed by atoms with E-state index in [0.29, 0.717) is 13.1 Å². The van der Waals surface area contributed by atoms with Crippen molar-refractivity contribution in [3.05, 3.63) is 35.9 Å². The number of hydrogen-bond acceptors (Lipinski definition) is 4. The molecule has 5 heteroatoms. The van der Waals surface area contributed by atoms with Crippen LogP contribution in [-0.4, -0.2) is 47.3 Å². The Morgan fingerprint density at radius 1 is 1.33 bits per heavy atom. The van der Waals surface area contributed by atoms with Crippen molar-refractivity contribution in [2.45, 2.75) is 18.9 Å². The Balaban J connectivity index is 2.81. The van der Waals surface area contributed by atoms with Crippen molar-refractivity contribution in [1.29, 1.82) is 0 Å². The molecule has 5 nitrogen and oxygen atoms in total. The molecule has 1 aromatic rings. The van der Waals surface area contributed by atoms with Crippen molar-refractivity contribution in [3.63, 3.8) is 0 Å². The van der Waals surface area contributed by atoms with Crippen molar-refractivity contribution in [3.8, 4) is 0 Å². The molecule has 1 aromatic carbocycles. The summed E-state index contributed by atoms with van der Waals surface area (Å²) in [5.41, 5.74) is 6.73. The monoisotopic (exact) mass is 251 g/mol. The summed E-state index contributed by atoms with van der Waals surface area (Å²) >= 11 is 0. The van der Waals surface area contributed by atoms with Gasteiger partial charge in [-0.25, -0.2) is 0 Å². The summed E-state index contributed by atoms with van der Waals surface area (Å²) in [5, 5.41) is 21.3. The molecule has 0 radical (unpaired) electrons. The lowest BCUT2D eigenvalue weighted by Crippen LogP contribution is -2.36. The molecule has 0 fully saturated rings. The Bertz CT molecular complexity index is 379. The minimum atomic E-state index is -0.404. The molecule has 0 saturated carbocycles. The number of amidine groups is 1. The Morgan fingerprint density at radius 2 is 1.94 bits per heavy atom. The van der Waals surface area contributed by atoms with E-state index < -0.39 is 6.10 Å². The van der Waals surface area contributed by atoms with E-state index in [9.17, 15) is 5.11 Å². The van der Waals surface area contributed by atoms with Crippen molar-refractivity contribution in [2.24, 2.45) is 10.9 Å². The highest BCUT2D eigenvalue weighted by molar-refractivity contribution is 5.87. The van der Waals surface area contributed by atoms with E-state index in [-0.39, 0.29) is 11.8 Å². The number of oxime groups is 1. The number of likely N-dealkylation sites (N-methyl/N-ethyl adjacent to an activating group) is 1. The summed E-state index contributed by atoms with van der Waals surface area (Å²) in [7, 11) is 1.90. The second-order valence-electron chi connectivity index (χ2n) is 4.56. The van der Waals surface area contributed by atoms with Crippen LogP contribution in [0, 0.1) is 0 Å². The first kappa shape index (κ1) is 14.5. The predicted molar refractivity (Wildman–Crippen MR) is 71.8 cm³/mol. The van der Waals surface area contributed by atoms with E-state index in [1.165, 1.54) is 0 Å². The second-order valence-corrected chi connectivity index (χ2v) is 4.56. The summed E-state index contributed by atoms with van der Waals surface area (Å²) in [4.78, 5) is 1.96. The Kier molecular flexibility index (Phi) is 5.61. The molecular formula is C13H21N3O2. The Labute approximate surface area is 108 Å². The molecule has 0 amide bonds. The van der Waals surface area contributed by atoms with Crippen LogP contribution in [0.15, 0.2) is 35.5 Å². The van der Waals surface area contributed by atoms with Crippen LogP contribution < -0.4 is 5.73 Å². The van der Waals surface area contributed by atoms with Crippen LogP contribution in [0.2, 0.25) is 0 Å². The minimum Gasteiger partial charge on any atom is -0.409 e. The fourth-order valence-corrected chi connectivity index (χ4v) is 1.96. The number of benzene rings is 1. The molecule has 2 unspecified atom stereocenters. The van der Waals surface area contributed by atoms with Crippen molar-refractivity contribution in [2.75, 3.05) is 20.1 Å². The number of rotatable bonds is 6. The molecule has 0 aliphatic rings. The molecule has 0 aliphatic heterocycles. The van der Waals surface area contributed by atoms with Crippen LogP contribution in [-0.2, 0) is 0 Å². The third-order valence-corrected chi connectivity index (χ3v) is 2.74. The number of aliphatic hydroxyl groups is 1. The van der Waals surface area contributed by atoms with E-state index in [2.05, 4.69) is 5.16 Å². The number of hydrogen-bond donors (Lipinski definition) is 3. The SMILES string of the molecule is CC(O)CN(C)CC(C(N)=NO)c1ccccc1. The zero-order chi connectivity index (χ0) is 13.5. The fraction of sp³-hybridized carbons (Fsp3) is 0.462. The first-order chi connectivity index (χ1) is 8.54. The average Bonchev–Trinajstić information content (AvgIpc) is 2.35. The summed E-state index contributed by atoms with van der Waals surface area (Å²) < 4.78 is 0. The van der Waals surface area contributed by atoms with Gasteiger partial charge in [-0.2, -0.15) is 0 Å². The quantitative estimate of drug-likeness (QED) is 0.303. The van der Waals surface area contributed by atoms with Crippen LogP contribution in [0.4, 0.5) is 0 Å². The van der Waals surface area contributed by atoms with Crippen LogP contribution in [0.25, 0.3) is 0 Å². The van der Waals surface area contributed by atoms with Crippen molar-refractivity contribution >= 4 is 5.84 Å². The van der Waals surface area contributed by atoms with Crippen molar-refractivity contribution in [1.82, 2.24) is 4.90 Å². The average molecular weight is 251 g/mol. The maximum atomic E-state index is 9.35. The van der Waals surface area contributed by atoms with Gasteiger partial charge in [-0.15, -0.1) is 0 Å². The highest BCUT2D eigenvalue weighted by Crippen LogP contribution is 2.17. The zero-order valence-corrected chi connectivity index (χ0v) is 10.8. The van der Waals surface area contributed by atoms with Gasteiger partial charge >= 0.3 is 0 Å². The van der Waals surface area contributed by atoms with Crippen LogP contribution in [0.3, 0.4) is 0 Å². The standard InChI is InChI=1S/C13H21N3O2/c1-10(17)8-16(2)9-12(13(14)15-18)11-6-4-3-5-7-11/h3-7,10,12,17-18H,8-9H2,1-2H3,(H2,14,15). The van der Waals surface area contributed by atoms with Gasteiger partial charge in [-0.05, 0) is 19.5 Å². The summed E-state index contributed by atoms with van der Waals surface area (Å²) in [5.74, 6) is -0.00130. The maximum Gasteiger partial charge on any atom is 0.147 e. The zero-order valence-electron chi connectivity index (χ0n) is 10.8. The highest BCUT2D eigenvalue weighted by Gasteiger charge is 2.19. The molecule has 0 saturated heterocycles. The third kappa shape index (κ3) is 4.35. The summed E-state index contributed by atoms with van der Waals surface area (Å²) in [6.45, 7) is 2.87. The van der Waals surface area contributed by atoms with Gasteiger partial charge in [0.15, 0.2) is 0 Å². The molecule has 18 heavy (non-hydrogen) atoms. The topological polar surface area (TPSA) is 82.1 Å². The van der Waals surface area contributed by atoms with Gasteiger partial charge in [0.2, 0.25) is 0 Å². The van der Waals surface area contributed by atoms with Gasteiger partial charge in [-0.3, -0.25) is 0 Å². The van der Waals surface area contributed by atoms with E-state index in [1.807, 2.05) is 42.3 Å². The first-order valence-corrected chi connectivity index (χ1v) is 5.93. The molecule has 4 N–H and O–H groups in total. The largest absolute Gasteiger partial charge is 0.409 e. The predicted octanol–water partition coefficient (Wildman–Crippen LogP) is 0.829. The van der Waals surface area contributed by atoms with E-state index in [4.69, 9.17) is 10.9 Å². The normalized spacial score (nSPS) is 15.7. The highest BCUT2D eigenvalue weighted by atomic mass is 16.4. The third-order valence-electron chi connectivity index (χ3n) is 2.74. The number of aliphatic hydroxyl groups excluding tert-OH is 1. The second kappa shape index (κ2) is 6.98. The lowest BCUT2D eigenvalue weighted by atomic mass is 9.97. The van der Waals surface area contributed by atoms with E-state index in [1.54, 1.807) is 6.92 Å². The van der Waals surface area contributed by atoms with Gasteiger partial charge in [0.05, 0.1) is 12.0 Å². The maximum absolute atomic E-state index is 9.35. The molecule has 1 rings (SSSR count). The summed E-state index contributed by atoms with van der Waals surface area (Å²) in [6, 6.07) is 9.65. The molecule has 0 bridgehead atoms. The lowest BCUT2D eigenvalue weighted by molar-refractivity contribution is 0.140. The smallest absolute Gasteiger partial charge is 0.147 e.